The number of hydrogen-bond donors (Lipinski definition) is 0. The first kappa shape index (κ1) is 20.1. The molecule has 1 amide bonds. The highest BCUT2D eigenvalue weighted by Gasteiger charge is 2.34. The highest BCUT2D eigenvalue weighted by Crippen LogP contribution is 2.33. The number of amidine groups is 1. The first-order valence-electron chi connectivity index (χ1n) is 8.76. The zero-order valence-corrected chi connectivity index (χ0v) is 17.0. The molecule has 1 aliphatic heterocycles. The van der Waals surface area contributed by atoms with E-state index in [1.54, 1.807) is 24.3 Å². The Morgan fingerprint density at radius 2 is 1.79 bits per heavy atom. The van der Waals surface area contributed by atoms with Crippen molar-refractivity contribution >= 4 is 38.9 Å². The van der Waals surface area contributed by atoms with E-state index in [9.17, 15) is 13.2 Å². The van der Waals surface area contributed by atoms with Gasteiger partial charge in [0.15, 0.2) is 5.17 Å². The number of carbonyl (C=O) groups is 1. The molecular weight excluding hydrogens is 392 g/mol. The molecule has 0 aromatic heterocycles. The van der Waals surface area contributed by atoms with Crippen LogP contribution < -0.4 is 0 Å². The monoisotopic (exact) mass is 412 g/mol. The molecule has 5 nitrogen and oxygen atoms in total. The topological polar surface area (TPSA) is 66.8 Å². The van der Waals surface area contributed by atoms with E-state index in [1.807, 2.05) is 37.3 Å². The fourth-order valence-electron chi connectivity index (χ4n) is 2.62. The van der Waals surface area contributed by atoms with Crippen molar-refractivity contribution in [1.29, 1.82) is 0 Å². The molecule has 0 unspecified atom stereocenters. The van der Waals surface area contributed by atoms with Crippen LogP contribution in [0.15, 0.2) is 81.5 Å². The molecule has 7 heteroatoms. The fraction of sp³-hybridized carbons (Fsp3) is 0.143. The average molecular weight is 413 g/mol. The molecule has 0 atom stereocenters. The van der Waals surface area contributed by atoms with Crippen LogP contribution >= 0.6 is 11.8 Å². The molecule has 28 heavy (non-hydrogen) atoms. The molecule has 0 N–H and O–H groups in total. The normalized spacial score (nSPS) is 17.5. The third kappa shape index (κ3) is 4.43. The molecule has 3 rings (SSSR count). The van der Waals surface area contributed by atoms with Gasteiger partial charge < -0.3 is 0 Å². The van der Waals surface area contributed by atoms with E-state index in [1.165, 1.54) is 17.0 Å². The van der Waals surface area contributed by atoms with Gasteiger partial charge in [0.1, 0.15) is 0 Å². The highest BCUT2D eigenvalue weighted by molar-refractivity contribution is 8.19. The number of carbonyl (C=O) groups excluding carboxylic acids is 1. The minimum Gasteiger partial charge on any atom is -0.282 e. The second kappa shape index (κ2) is 8.58. The minimum atomic E-state index is -3.93. The van der Waals surface area contributed by atoms with Crippen LogP contribution in [-0.4, -0.2) is 30.9 Å². The average Bonchev–Trinajstić information content (AvgIpc) is 2.97. The Kier molecular flexibility index (Phi) is 6.16. The standard InChI is InChI=1S/C21H20N2O3S2/c1-3-14-23-20(24)19(15-17-8-6-5-7-9-17)27-21(23)22-28(25,26)18-12-10-16(4-2)11-13-18/h3,5-13,15H,1,4,14H2,2H3/b19-15-,22-21?. The molecule has 0 spiro atoms. The van der Waals surface area contributed by atoms with Crippen LogP contribution in [0.3, 0.4) is 0 Å². The summed E-state index contributed by atoms with van der Waals surface area (Å²) in [6.07, 6.45) is 4.09. The Morgan fingerprint density at radius 1 is 1.11 bits per heavy atom. The maximum atomic E-state index is 12.7. The van der Waals surface area contributed by atoms with Crippen LogP contribution in [0.5, 0.6) is 0 Å². The summed E-state index contributed by atoms with van der Waals surface area (Å²) in [6.45, 7) is 5.83. The fourth-order valence-corrected chi connectivity index (χ4v) is 4.81. The molecule has 0 aliphatic carbocycles. The lowest BCUT2D eigenvalue weighted by atomic mass is 10.2. The molecule has 1 fully saturated rings. The molecule has 2 aromatic carbocycles. The number of hydrogen-bond acceptors (Lipinski definition) is 4. The van der Waals surface area contributed by atoms with Gasteiger partial charge in [-0.25, -0.2) is 0 Å². The van der Waals surface area contributed by atoms with Crippen LogP contribution in [0.25, 0.3) is 6.08 Å². The molecule has 0 bridgehead atoms. The molecule has 1 aliphatic rings. The van der Waals surface area contributed by atoms with Crippen molar-refractivity contribution in [3.63, 3.8) is 0 Å². The van der Waals surface area contributed by atoms with Crippen molar-refractivity contribution in [2.24, 2.45) is 4.40 Å². The van der Waals surface area contributed by atoms with E-state index in [-0.39, 0.29) is 22.5 Å². The number of benzene rings is 2. The van der Waals surface area contributed by atoms with Gasteiger partial charge in [-0.3, -0.25) is 9.69 Å². The second-order valence-electron chi connectivity index (χ2n) is 6.07. The zero-order chi connectivity index (χ0) is 20.1. The van der Waals surface area contributed by atoms with E-state index < -0.39 is 10.0 Å². The van der Waals surface area contributed by atoms with Gasteiger partial charge in [-0.2, -0.15) is 8.42 Å². The van der Waals surface area contributed by atoms with Crippen molar-refractivity contribution in [1.82, 2.24) is 4.90 Å². The number of sulfonamides is 1. The molecule has 1 heterocycles. The van der Waals surface area contributed by atoms with Gasteiger partial charge in [-0.05, 0) is 47.5 Å². The van der Waals surface area contributed by atoms with Gasteiger partial charge in [-0.15, -0.1) is 11.0 Å². The van der Waals surface area contributed by atoms with Gasteiger partial charge in [0.25, 0.3) is 15.9 Å². The van der Waals surface area contributed by atoms with E-state index >= 15 is 0 Å². The van der Waals surface area contributed by atoms with Crippen LogP contribution in [0.2, 0.25) is 0 Å². The Balaban J connectivity index is 1.97. The van der Waals surface area contributed by atoms with E-state index in [4.69, 9.17) is 0 Å². The predicted octanol–water partition coefficient (Wildman–Crippen LogP) is 4.10. The van der Waals surface area contributed by atoms with Crippen molar-refractivity contribution < 1.29 is 13.2 Å². The number of rotatable bonds is 6. The summed E-state index contributed by atoms with van der Waals surface area (Å²) >= 11 is 1.05. The molecule has 0 radical (unpaired) electrons. The predicted molar refractivity (Wildman–Crippen MR) is 114 cm³/mol. The quantitative estimate of drug-likeness (QED) is 0.529. The number of aryl methyl sites for hydroxylation is 1. The second-order valence-corrected chi connectivity index (χ2v) is 8.69. The van der Waals surface area contributed by atoms with Crippen molar-refractivity contribution in [2.45, 2.75) is 18.2 Å². The van der Waals surface area contributed by atoms with E-state index in [0.29, 0.717) is 4.91 Å². The van der Waals surface area contributed by atoms with Gasteiger partial charge in [0.05, 0.1) is 9.80 Å². The number of amides is 1. The van der Waals surface area contributed by atoms with E-state index in [0.717, 1.165) is 29.3 Å². The molecule has 144 valence electrons. The lowest BCUT2D eigenvalue weighted by Gasteiger charge is -2.12. The first-order valence-corrected chi connectivity index (χ1v) is 11.0. The lowest BCUT2D eigenvalue weighted by molar-refractivity contribution is -0.121. The summed E-state index contributed by atoms with van der Waals surface area (Å²) in [5.74, 6) is -0.288. The maximum absolute atomic E-state index is 12.7. The summed E-state index contributed by atoms with van der Waals surface area (Å²) in [6, 6.07) is 16.0. The van der Waals surface area contributed by atoms with Gasteiger partial charge in [0.2, 0.25) is 0 Å². The van der Waals surface area contributed by atoms with Gasteiger partial charge in [0, 0.05) is 6.54 Å². The summed E-state index contributed by atoms with van der Waals surface area (Å²) in [5, 5.41) is 0.131. The Labute approximate surface area is 169 Å². The third-order valence-corrected chi connectivity index (χ3v) is 6.53. The molecular formula is C21H20N2O3S2. The van der Waals surface area contributed by atoms with Crippen LogP contribution in [0, 0.1) is 0 Å². The van der Waals surface area contributed by atoms with E-state index in [2.05, 4.69) is 11.0 Å². The van der Waals surface area contributed by atoms with Crippen LogP contribution in [0.4, 0.5) is 0 Å². The Morgan fingerprint density at radius 3 is 2.39 bits per heavy atom. The molecule has 1 saturated heterocycles. The minimum absolute atomic E-state index is 0.101. The highest BCUT2D eigenvalue weighted by atomic mass is 32.2. The first-order chi connectivity index (χ1) is 13.4. The number of nitrogens with zero attached hydrogens (tertiary/aromatic N) is 2. The third-order valence-electron chi connectivity index (χ3n) is 4.12. The van der Waals surface area contributed by atoms with Crippen molar-refractivity contribution in [3.8, 4) is 0 Å². The summed E-state index contributed by atoms with van der Waals surface area (Å²) in [7, 11) is -3.93. The Hall–Kier alpha value is -2.64. The van der Waals surface area contributed by atoms with Crippen molar-refractivity contribution in [2.75, 3.05) is 6.54 Å². The lowest BCUT2D eigenvalue weighted by Crippen LogP contribution is -2.29. The summed E-state index contributed by atoms with van der Waals surface area (Å²) in [5.41, 5.74) is 1.90. The van der Waals surface area contributed by atoms with Gasteiger partial charge in [-0.1, -0.05) is 55.5 Å². The maximum Gasteiger partial charge on any atom is 0.284 e. The number of thioether (sulfide) groups is 1. The van der Waals surface area contributed by atoms with Crippen LogP contribution in [0.1, 0.15) is 18.1 Å². The van der Waals surface area contributed by atoms with Crippen molar-refractivity contribution in [3.05, 3.63) is 83.3 Å². The zero-order valence-electron chi connectivity index (χ0n) is 15.4. The Bertz CT molecular complexity index is 1040. The molecule has 2 aromatic rings. The van der Waals surface area contributed by atoms with Crippen LogP contribution in [-0.2, 0) is 21.2 Å². The SMILES string of the molecule is C=CCN1C(=O)/C(=C/c2ccccc2)SC1=NS(=O)(=O)c1ccc(CC)cc1. The van der Waals surface area contributed by atoms with Gasteiger partial charge >= 0.3 is 0 Å². The molecule has 0 saturated carbocycles. The smallest absolute Gasteiger partial charge is 0.282 e. The summed E-state index contributed by atoms with van der Waals surface area (Å²) < 4.78 is 29.4. The largest absolute Gasteiger partial charge is 0.284 e. The summed E-state index contributed by atoms with van der Waals surface area (Å²) in [4.78, 5) is 14.6.